The molecule has 0 saturated carbocycles. The Bertz CT molecular complexity index is 514. The van der Waals surface area contributed by atoms with E-state index in [9.17, 15) is 0 Å². The Labute approximate surface area is 123 Å². The van der Waals surface area contributed by atoms with Crippen molar-refractivity contribution in [2.24, 2.45) is 0 Å². The zero-order valence-electron chi connectivity index (χ0n) is 12.7. The number of hydrogen-bond acceptors (Lipinski definition) is 1. The zero-order chi connectivity index (χ0) is 14.4. The quantitative estimate of drug-likeness (QED) is 0.713. The lowest BCUT2D eigenvalue weighted by molar-refractivity contribution is 0.306. The Morgan fingerprint density at radius 1 is 0.850 bits per heavy atom. The molecule has 2 aromatic carbocycles. The van der Waals surface area contributed by atoms with Gasteiger partial charge in [0.1, 0.15) is 12.4 Å². The summed E-state index contributed by atoms with van der Waals surface area (Å²) in [6, 6.07) is 17.1. The second-order valence-corrected chi connectivity index (χ2v) is 5.58. The smallest absolute Gasteiger partial charge is 0.169 e. The van der Waals surface area contributed by atoms with E-state index in [0.29, 0.717) is 13.3 Å². The first-order valence-corrected chi connectivity index (χ1v) is 7.49. The Hall–Kier alpha value is -1.70. The molecule has 0 aliphatic rings. The van der Waals surface area contributed by atoms with Crippen LogP contribution in [0.15, 0.2) is 48.5 Å². The van der Waals surface area contributed by atoms with E-state index in [4.69, 9.17) is 4.74 Å². The average Bonchev–Trinajstić information content (AvgIpc) is 2.47. The molecule has 2 heteroatoms. The number of ether oxygens (including phenoxy) is 1. The van der Waals surface area contributed by atoms with Crippen molar-refractivity contribution in [1.82, 2.24) is 0 Å². The highest BCUT2D eigenvalue weighted by Gasteiger charge is 2.02. The third kappa shape index (κ3) is 4.16. The van der Waals surface area contributed by atoms with Gasteiger partial charge in [-0.3, -0.25) is 0 Å². The van der Waals surface area contributed by atoms with Crippen molar-refractivity contribution < 1.29 is 4.74 Å². The van der Waals surface area contributed by atoms with E-state index >= 15 is 0 Å². The lowest BCUT2D eigenvalue weighted by Crippen LogP contribution is -2.22. The van der Waals surface area contributed by atoms with Crippen molar-refractivity contribution in [2.75, 3.05) is 0 Å². The van der Waals surface area contributed by atoms with E-state index in [-0.39, 0.29) is 0 Å². The molecule has 0 aromatic heterocycles. The molecule has 2 rings (SSSR count). The molecule has 0 heterocycles. The molecular weight excluding hydrogens is 243 g/mol. The van der Waals surface area contributed by atoms with Crippen LogP contribution in [0.2, 0.25) is 13.6 Å². The summed E-state index contributed by atoms with van der Waals surface area (Å²) in [5.74, 6) is 0.942. The predicted octanol–water partition coefficient (Wildman–Crippen LogP) is 4.18. The molecule has 0 bridgehead atoms. The third-order valence-corrected chi connectivity index (χ3v) is 3.51. The van der Waals surface area contributed by atoms with Crippen molar-refractivity contribution in [3.05, 3.63) is 59.7 Å². The molecule has 20 heavy (non-hydrogen) atoms. The standard InChI is InChI=1S/C18H23BO/c1-4-5-15-8-12-18(13-9-15)20-14-16-6-10-17(11-7-16)19(2)3/h6-13H,4-5,14H2,1-3H3. The van der Waals surface area contributed by atoms with Crippen LogP contribution in [0.4, 0.5) is 0 Å². The van der Waals surface area contributed by atoms with Crippen molar-refractivity contribution in [3.63, 3.8) is 0 Å². The fourth-order valence-corrected chi connectivity index (χ4v) is 2.21. The molecule has 0 amide bonds. The summed E-state index contributed by atoms with van der Waals surface area (Å²) in [6.45, 7) is 7.83. The maximum atomic E-state index is 5.83. The molecule has 0 aliphatic carbocycles. The molecular formula is C18H23BO. The van der Waals surface area contributed by atoms with Gasteiger partial charge in [0.15, 0.2) is 6.71 Å². The van der Waals surface area contributed by atoms with E-state index in [1.54, 1.807) is 0 Å². The van der Waals surface area contributed by atoms with Gasteiger partial charge < -0.3 is 4.74 Å². The third-order valence-electron chi connectivity index (χ3n) is 3.51. The molecule has 104 valence electrons. The Morgan fingerprint density at radius 2 is 1.45 bits per heavy atom. The van der Waals surface area contributed by atoms with E-state index in [1.807, 2.05) is 0 Å². The number of rotatable bonds is 6. The van der Waals surface area contributed by atoms with Gasteiger partial charge in [-0.15, -0.1) is 0 Å². The second-order valence-electron chi connectivity index (χ2n) is 5.58. The van der Waals surface area contributed by atoms with E-state index in [0.717, 1.165) is 12.2 Å². The first-order valence-electron chi connectivity index (χ1n) is 7.49. The van der Waals surface area contributed by atoms with E-state index < -0.39 is 0 Å². The summed E-state index contributed by atoms with van der Waals surface area (Å²) in [5, 5.41) is 0. The van der Waals surface area contributed by atoms with Gasteiger partial charge in [0.05, 0.1) is 0 Å². The molecule has 0 radical (unpaired) electrons. The Morgan fingerprint density at radius 3 is 2.00 bits per heavy atom. The van der Waals surface area contributed by atoms with Gasteiger partial charge in [-0.05, 0) is 29.7 Å². The van der Waals surface area contributed by atoms with Crippen LogP contribution in [0.5, 0.6) is 5.75 Å². The Kier molecular flexibility index (Phi) is 5.28. The van der Waals surface area contributed by atoms with Gasteiger partial charge in [-0.25, -0.2) is 0 Å². The molecule has 0 unspecified atom stereocenters. The van der Waals surface area contributed by atoms with Crippen LogP contribution in [-0.4, -0.2) is 6.71 Å². The topological polar surface area (TPSA) is 9.23 Å². The molecule has 0 spiro atoms. The predicted molar refractivity (Wildman–Crippen MR) is 88.3 cm³/mol. The molecule has 0 saturated heterocycles. The maximum Gasteiger partial charge on any atom is 0.169 e. The Balaban J connectivity index is 1.91. The monoisotopic (exact) mass is 266 g/mol. The largest absolute Gasteiger partial charge is 0.489 e. The first kappa shape index (κ1) is 14.7. The highest BCUT2D eigenvalue weighted by atomic mass is 16.5. The minimum Gasteiger partial charge on any atom is -0.489 e. The van der Waals surface area contributed by atoms with Gasteiger partial charge in [0.2, 0.25) is 0 Å². The average molecular weight is 266 g/mol. The van der Waals surface area contributed by atoms with Crippen LogP contribution in [-0.2, 0) is 13.0 Å². The summed E-state index contributed by atoms with van der Waals surface area (Å²) in [7, 11) is 0. The molecule has 0 aliphatic heterocycles. The summed E-state index contributed by atoms with van der Waals surface area (Å²) in [5.41, 5.74) is 3.96. The van der Waals surface area contributed by atoms with Crippen molar-refractivity contribution >= 4 is 12.2 Å². The maximum absolute atomic E-state index is 5.83. The van der Waals surface area contributed by atoms with Gasteiger partial charge >= 0.3 is 0 Å². The fraction of sp³-hybridized carbons (Fsp3) is 0.333. The van der Waals surface area contributed by atoms with Crippen LogP contribution < -0.4 is 10.2 Å². The number of benzene rings is 2. The van der Waals surface area contributed by atoms with Crippen LogP contribution in [0, 0.1) is 0 Å². The van der Waals surface area contributed by atoms with Gasteiger partial charge in [-0.1, -0.05) is 68.9 Å². The van der Waals surface area contributed by atoms with E-state index in [1.165, 1.54) is 23.0 Å². The summed E-state index contributed by atoms with van der Waals surface area (Å²) < 4.78 is 5.83. The van der Waals surface area contributed by atoms with Crippen LogP contribution in [0.1, 0.15) is 24.5 Å². The van der Waals surface area contributed by atoms with Crippen molar-refractivity contribution in [3.8, 4) is 5.75 Å². The zero-order valence-corrected chi connectivity index (χ0v) is 12.7. The van der Waals surface area contributed by atoms with Crippen LogP contribution >= 0.6 is 0 Å². The lowest BCUT2D eigenvalue weighted by atomic mass is 9.49. The van der Waals surface area contributed by atoms with Gasteiger partial charge in [0.25, 0.3) is 0 Å². The summed E-state index contributed by atoms with van der Waals surface area (Å²) in [6.07, 6.45) is 2.32. The summed E-state index contributed by atoms with van der Waals surface area (Å²) in [4.78, 5) is 0. The molecule has 0 N–H and O–H groups in total. The molecule has 1 nitrogen and oxygen atoms in total. The molecule has 0 atom stereocenters. The second kappa shape index (κ2) is 7.18. The number of aryl methyl sites for hydroxylation is 1. The highest BCUT2D eigenvalue weighted by Crippen LogP contribution is 2.15. The van der Waals surface area contributed by atoms with Gasteiger partial charge in [-0.2, -0.15) is 0 Å². The minimum atomic E-state index is 0.580. The normalized spacial score (nSPS) is 10.3. The molecule has 0 fully saturated rings. The fourth-order valence-electron chi connectivity index (χ4n) is 2.21. The van der Waals surface area contributed by atoms with E-state index in [2.05, 4.69) is 69.1 Å². The minimum absolute atomic E-state index is 0.580. The highest BCUT2D eigenvalue weighted by molar-refractivity contribution is 6.70. The van der Waals surface area contributed by atoms with Crippen LogP contribution in [0.3, 0.4) is 0 Å². The summed E-state index contributed by atoms with van der Waals surface area (Å²) >= 11 is 0. The first-order chi connectivity index (χ1) is 9.69. The lowest BCUT2D eigenvalue weighted by Gasteiger charge is -2.08. The number of hydrogen-bond donors (Lipinski definition) is 0. The van der Waals surface area contributed by atoms with Crippen molar-refractivity contribution in [1.29, 1.82) is 0 Å². The van der Waals surface area contributed by atoms with Crippen molar-refractivity contribution in [2.45, 2.75) is 40.0 Å². The SMILES string of the molecule is CCCc1ccc(OCc2ccc(B(C)C)cc2)cc1. The van der Waals surface area contributed by atoms with Crippen LogP contribution in [0.25, 0.3) is 0 Å². The van der Waals surface area contributed by atoms with Gasteiger partial charge in [0, 0.05) is 0 Å². The molecule has 2 aromatic rings.